The molecule has 6 nitrogen and oxygen atoms in total. The molecule has 1 aromatic heterocycles. The highest BCUT2D eigenvalue weighted by Gasteiger charge is 2.35. The lowest BCUT2D eigenvalue weighted by Crippen LogP contribution is -2.27. The Morgan fingerprint density at radius 2 is 1.80 bits per heavy atom. The summed E-state index contributed by atoms with van der Waals surface area (Å²) >= 11 is 0. The molecule has 180 valence electrons. The van der Waals surface area contributed by atoms with E-state index < -0.39 is 6.10 Å². The van der Waals surface area contributed by atoms with Crippen LogP contribution in [0.3, 0.4) is 0 Å². The van der Waals surface area contributed by atoms with Gasteiger partial charge in [0.2, 0.25) is 5.91 Å². The van der Waals surface area contributed by atoms with Crippen molar-refractivity contribution in [3.8, 4) is 5.75 Å². The molecule has 0 spiro atoms. The molecule has 1 aliphatic heterocycles. The molecular formula is C29H31N3O3. The highest BCUT2D eigenvalue weighted by atomic mass is 16.5. The molecule has 1 saturated heterocycles. The Morgan fingerprint density at radius 3 is 2.57 bits per heavy atom. The number of hydrogen-bond donors (Lipinski definition) is 1. The monoisotopic (exact) mass is 469 g/mol. The Hall–Kier alpha value is -3.64. The minimum absolute atomic E-state index is 0.0517. The number of hydrogen-bond acceptors (Lipinski definition) is 4. The topological polar surface area (TPSA) is 67.6 Å². The van der Waals surface area contributed by atoms with Crippen LogP contribution in [0.15, 0.2) is 72.8 Å². The molecule has 1 N–H and O–H groups in total. The molecule has 2 atom stereocenters. The third kappa shape index (κ3) is 4.80. The van der Waals surface area contributed by atoms with Gasteiger partial charge in [0.25, 0.3) is 0 Å². The van der Waals surface area contributed by atoms with Gasteiger partial charge in [-0.1, -0.05) is 49.4 Å². The molecule has 5 rings (SSSR count). The van der Waals surface area contributed by atoms with Gasteiger partial charge in [0.05, 0.1) is 17.6 Å². The fourth-order valence-corrected chi connectivity index (χ4v) is 4.85. The Bertz CT molecular complexity index is 1330. The van der Waals surface area contributed by atoms with Crippen molar-refractivity contribution in [1.29, 1.82) is 0 Å². The molecule has 6 heteroatoms. The molecule has 1 fully saturated rings. The molecule has 35 heavy (non-hydrogen) atoms. The van der Waals surface area contributed by atoms with Crippen molar-refractivity contribution in [1.82, 2.24) is 9.55 Å². The van der Waals surface area contributed by atoms with E-state index in [1.165, 1.54) is 5.56 Å². The van der Waals surface area contributed by atoms with Crippen molar-refractivity contribution in [2.24, 2.45) is 0 Å². The number of aromatic nitrogens is 2. The second-order valence-corrected chi connectivity index (χ2v) is 9.22. The molecule has 0 bridgehead atoms. The van der Waals surface area contributed by atoms with Crippen LogP contribution in [-0.2, 0) is 17.8 Å². The number of amides is 1. The van der Waals surface area contributed by atoms with Crippen LogP contribution in [0, 0.1) is 6.92 Å². The number of para-hydroxylation sites is 3. The lowest BCUT2D eigenvalue weighted by atomic mass is 10.1. The van der Waals surface area contributed by atoms with Crippen molar-refractivity contribution in [2.75, 3.05) is 18.1 Å². The predicted octanol–water partition coefficient (Wildman–Crippen LogP) is 4.87. The SMILES string of the molecule is CCc1ccc(OC[C@H](O)Cn2c([C@@H]3CC(=O)N(c4ccccc4C)C3)nc3ccccc32)cc1. The Balaban J connectivity index is 1.36. The van der Waals surface area contributed by atoms with Gasteiger partial charge in [-0.05, 0) is 54.8 Å². The number of ether oxygens (including phenoxy) is 1. The van der Waals surface area contributed by atoms with Crippen LogP contribution in [0.4, 0.5) is 5.69 Å². The fourth-order valence-electron chi connectivity index (χ4n) is 4.85. The minimum Gasteiger partial charge on any atom is -0.491 e. The first kappa shape index (κ1) is 23.1. The van der Waals surface area contributed by atoms with Gasteiger partial charge in [-0.3, -0.25) is 4.79 Å². The number of fused-ring (bicyclic) bond motifs is 1. The summed E-state index contributed by atoms with van der Waals surface area (Å²) in [5.41, 5.74) is 5.10. The van der Waals surface area contributed by atoms with Crippen molar-refractivity contribution < 1.29 is 14.6 Å². The van der Waals surface area contributed by atoms with Crippen molar-refractivity contribution >= 4 is 22.6 Å². The summed E-state index contributed by atoms with van der Waals surface area (Å²) in [6, 6.07) is 23.8. The second kappa shape index (κ2) is 9.92. The van der Waals surface area contributed by atoms with Gasteiger partial charge in [-0.2, -0.15) is 0 Å². The van der Waals surface area contributed by atoms with Crippen molar-refractivity contribution in [3.63, 3.8) is 0 Å². The standard InChI is InChI=1S/C29H31N3O3/c1-3-21-12-14-24(15-13-21)35-19-23(33)18-32-27-11-7-5-9-25(27)30-29(32)22-16-28(34)31(17-22)26-10-6-4-8-20(26)2/h4-15,22-23,33H,3,16-19H2,1-2H3/t22-,23-/m1/s1. The van der Waals surface area contributed by atoms with Gasteiger partial charge >= 0.3 is 0 Å². The number of anilines is 1. The largest absolute Gasteiger partial charge is 0.491 e. The van der Waals surface area contributed by atoms with Crippen molar-refractivity contribution in [2.45, 2.75) is 45.3 Å². The first-order valence-electron chi connectivity index (χ1n) is 12.2. The van der Waals surface area contributed by atoms with E-state index in [0.717, 1.165) is 40.3 Å². The number of aliphatic hydroxyl groups is 1. The molecule has 1 aliphatic rings. The van der Waals surface area contributed by atoms with E-state index in [0.29, 0.717) is 19.5 Å². The van der Waals surface area contributed by atoms with Crippen LogP contribution in [0.1, 0.15) is 36.2 Å². The summed E-state index contributed by atoms with van der Waals surface area (Å²) < 4.78 is 7.91. The van der Waals surface area contributed by atoms with E-state index in [1.54, 1.807) is 0 Å². The zero-order chi connectivity index (χ0) is 24.4. The molecule has 0 aliphatic carbocycles. The molecule has 1 amide bonds. The quantitative estimate of drug-likeness (QED) is 0.400. The molecule has 2 heterocycles. The Morgan fingerprint density at radius 1 is 1.06 bits per heavy atom. The third-order valence-electron chi connectivity index (χ3n) is 6.75. The van der Waals surface area contributed by atoms with Crippen LogP contribution in [0.2, 0.25) is 0 Å². The molecule has 0 unspecified atom stereocenters. The number of imidazole rings is 1. The normalized spacial score (nSPS) is 16.7. The second-order valence-electron chi connectivity index (χ2n) is 9.22. The summed E-state index contributed by atoms with van der Waals surface area (Å²) in [5, 5.41) is 10.9. The molecule has 4 aromatic rings. The molecule has 0 radical (unpaired) electrons. The van der Waals surface area contributed by atoms with Gasteiger partial charge in [0.1, 0.15) is 24.3 Å². The summed E-state index contributed by atoms with van der Waals surface area (Å²) in [6.45, 7) is 5.24. The first-order valence-corrected chi connectivity index (χ1v) is 12.2. The van der Waals surface area contributed by atoms with Crippen molar-refractivity contribution in [3.05, 3.63) is 89.7 Å². The maximum Gasteiger partial charge on any atom is 0.227 e. The number of nitrogens with zero attached hydrogens (tertiary/aromatic N) is 3. The van der Waals surface area contributed by atoms with E-state index in [-0.39, 0.29) is 18.4 Å². The Labute approximate surface area is 205 Å². The Kier molecular flexibility index (Phi) is 6.55. The number of carbonyl (C=O) groups is 1. The first-order chi connectivity index (χ1) is 17.0. The van der Waals surface area contributed by atoms with E-state index in [1.807, 2.05) is 84.6 Å². The summed E-state index contributed by atoms with van der Waals surface area (Å²) in [5.74, 6) is 1.63. The zero-order valence-corrected chi connectivity index (χ0v) is 20.2. The number of carbonyl (C=O) groups excluding carboxylic acids is 1. The lowest BCUT2D eigenvalue weighted by molar-refractivity contribution is -0.117. The maximum absolute atomic E-state index is 13.0. The van der Waals surface area contributed by atoms with E-state index >= 15 is 0 Å². The predicted molar refractivity (Wildman–Crippen MR) is 138 cm³/mol. The maximum atomic E-state index is 13.0. The van der Waals surface area contributed by atoms with E-state index in [9.17, 15) is 9.90 Å². The highest BCUT2D eigenvalue weighted by Crippen LogP contribution is 2.34. The third-order valence-corrected chi connectivity index (χ3v) is 6.75. The average molecular weight is 470 g/mol. The summed E-state index contributed by atoms with van der Waals surface area (Å²) in [4.78, 5) is 19.8. The highest BCUT2D eigenvalue weighted by molar-refractivity contribution is 5.97. The van der Waals surface area contributed by atoms with Gasteiger partial charge in [0, 0.05) is 24.6 Å². The zero-order valence-electron chi connectivity index (χ0n) is 20.2. The molecule has 3 aromatic carbocycles. The minimum atomic E-state index is -0.721. The van der Waals surface area contributed by atoms with E-state index in [2.05, 4.69) is 11.5 Å². The smallest absolute Gasteiger partial charge is 0.227 e. The number of aryl methyl sites for hydroxylation is 2. The van der Waals surface area contributed by atoms with Gasteiger partial charge < -0.3 is 19.3 Å². The van der Waals surface area contributed by atoms with Crippen LogP contribution < -0.4 is 9.64 Å². The van der Waals surface area contributed by atoms with Crippen LogP contribution in [0.25, 0.3) is 11.0 Å². The summed E-state index contributed by atoms with van der Waals surface area (Å²) in [7, 11) is 0. The van der Waals surface area contributed by atoms with Crippen LogP contribution in [-0.4, -0.2) is 39.8 Å². The molecular weight excluding hydrogens is 438 g/mol. The molecule has 0 saturated carbocycles. The lowest BCUT2D eigenvalue weighted by Gasteiger charge is -2.20. The van der Waals surface area contributed by atoms with Gasteiger partial charge in [0.15, 0.2) is 0 Å². The average Bonchev–Trinajstić information content (AvgIpc) is 3.44. The van der Waals surface area contributed by atoms with E-state index in [4.69, 9.17) is 9.72 Å². The number of benzene rings is 3. The number of aliphatic hydroxyl groups excluding tert-OH is 1. The van der Waals surface area contributed by atoms with Crippen LogP contribution in [0.5, 0.6) is 5.75 Å². The number of rotatable bonds is 8. The van der Waals surface area contributed by atoms with Crippen LogP contribution >= 0.6 is 0 Å². The van der Waals surface area contributed by atoms with Gasteiger partial charge in [-0.15, -0.1) is 0 Å². The van der Waals surface area contributed by atoms with Gasteiger partial charge in [-0.25, -0.2) is 4.98 Å². The summed E-state index contributed by atoms with van der Waals surface area (Å²) in [6.07, 6.45) is 0.653. The fraction of sp³-hybridized carbons (Fsp3) is 0.310.